The smallest absolute Gasteiger partial charge is 0.260 e. The van der Waals surface area contributed by atoms with Gasteiger partial charge in [0, 0.05) is 36.7 Å². The Morgan fingerprint density at radius 3 is 2.61 bits per heavy atom. The predicted octanol–water partition coefficient (Wildman–Crippen LogP) is 3.07. The van der Waals surface area contributed by atoms with Crippen LogP contribution in [0.1, 0.15) is 25.0 Å². The average Bonchev–Trinajstić information content (AvgIpc) is 2.75. The SMILES string of the molecule is C[C@@H]1CN(Cc2ccc(F)cc2)[C@@H](C)CN1C(=O)COc1ccc(Cl)cc1C(N)=NO. The summed E-state index contributed by atoms with van der Waals surface area (Å²) < 4.78 is 18.8. The van der Waals surface area contributed by atoms with Crippen LogP contribution in [-0.2, 0) is 11.3 Å². The minimum atomic E-state index is -0.253. The van der Waals surface area contributed by atoms with E-state index < -0.39 is 0 Å². The normalized spacial score (nSPS) is 20.0. The molecule has 1 aliphatic heterocycles. The van der Waals surface area contributed by atoms with Crippen LogP contribution >= 0.6 is 11.6 Å². The fourth-order valence-corrected chi connectivity index (χ4v) is 3.87. The van der Waals surface area contributed by atoms with Gasteiger partial charge in [-0.25, -0.2) is 4.39 Å². The first-order valence-electron chi connectivity index (χ1n) is 9.96. The summed E-state index contributed by atoms with van der Waals surface area (Å²) in [5.41, 5.74) is 7.02. The van der Waals surface area contributed by atoms with E-state index in [-0.39, 0.29) is 36.3 Å². The third-order valence-corrected chi connectivity index (χ3v) is 5.65. The first-order chi connectivity index (χ1) is 14.8. The number of hydrogen-bond acceptors (Lipinski definition) is 5. The molecule has 0 spiro atoms. The standard InChI is InChI=1S/C22H26ClFN4O3/c1-14-11-28(15(2)10-27(14)12-16-3-6-18(24)7-4-16)21(29)13-31-20-8-5-17(23)9-19(20)22(25)26-30/h3-9,14-15,30H,10-13H2,1-2H3,(H2,25,26)/t14-,15+/m0/s1. The summed E-state index contributed by atoms with van der Waals surface area (Å²) in [5.74, 6) is -0.248. The summed E-state index contributed by atoms with van der Waals surface area (Å²) >= 11 is 5.97. The largest absolute Gasteiger partial charge is 0.483 e. The van der Waals surface area contributed by atoms with Crippen LogP contribution in [0.5, 0.6) is 5.75 Å². The number of nitrogens with zero attached hydrogens (tertiary/aromatic N) is 3. The monoisotopic (exact) mass is 448 g/mol. The number of benzene rings is 2. The molecular weight excluding hydrogens is 423 g/mol. The van der Waals surface area contributed by atoms with Gasteiger partial charge < -0.3 is 20.6 Å². The van der Waals surface area contributed by atoms with Gasteiger partial charge in [0.15, 0.2) is 12.4 Å². The van der Waals surface area contributed by atoms with Gasteiger partial charge in [-0.15, -0.1) is 0 Å². The van der Waals surface area contributed by atoms with Crippen LogP contribution in [0.2, 0.25) is 5.02 Å². The molecule has 31 heavy (non-hydrogen) atoms. The number of piperazine rings is 1. The van der Waals surface area contributed by atoms with Gasteiger partial charge in [0.05, 0.1) is 5.56 Å². The Morgan fingerprint density at radius 1 is 1.23 bits per heavy atom. The zero-order valence-corrected chi connectivity index (χ0v) is 18.2. The average molecular weight is 449 g/mol. The molecule has 0 radical (unpaired) electrons. The molecule has 7 nitrogen and oxygen atoms in total. The highest BCUT2D eigenvalue weighted by molar-refractivity contribution is 6.31. The lowest BCUT2D eigenvalue weighted by molar-refractivity contribution is -0.139. The highest BCUT2D eigenvalue weighted by atomic mass is 35.5. The Bertz CT molecular complexity index is 954. The Morgan fingerprint density at radius 2 is 1.94 bits per heavy atom. The lowest BCUT2D eigenvalue weighted by Crippen LogP contribution is -2.58. The number of carbonyl (C=O) groups excluding carboxylic acids is 1. The second-order valence-electron chi connectivity index (χ2n) is 7.71. The summed E-state index contributed by atoms with van der Waals surface area (Å²) in [6, 6.07) is 11.3. The maximum Gasteiger partial charge on any atom is 0.260 e. The van der Waals surface area contributed by atoms with E-state index in [0.717, 1.165) is 5.56 Å². The van der Waals surface area contributed by atoms with Crippen molar-refractivity contribution in [2.75, 3.05) is 19.7 Å². The van der Waals surface area contributed by atoms with Gasteiger partial charge in [-0.1, -0.05) is 28.9 Å². The van der Waals surface area contributed by atoms with Crippen molar-refractivity contribution >= 4 is 23.3 Å². The molecule has 3 rings (SSSR count). The molecule has 2 aromatic rings. The number of ether oxygens (including phenoxy) is 1. The van der Waals surface area contributed by atoms with Crippen LogP contribution in [0.25, 0.3) is 0 Å². The van der Waals surface area contributed by atoms with E-state index in [9.17, 15) is 9.18 Å². The van der Waals surface area contributed by atoms with E-state index in [1.807, 2.05) is 6.92 Å². The molecule has 1 amide bonds. The van der Waals surface area contributed by atoms with Crippen LogP contribution in [0.4, 0.5) is 4.39 Å². The maximum absolute atomic E-state index is 13.1. The fourth-order valence-electron chi connectivity index (χ4n) is 3.69. The van der Waals surface area contributed by atoms with Gasteiger partial charge in [0.25, 0.3) is 5.91 Å². The van der Waals surface area contributed by atoms with Crippen molar-refractivity contribution in [3.05, 3.63) is 64.4 Å². The van der Waals surface area contributed by atoms with Crippen LogP contribution in [0.15, 0.2) is 47.6 Å². The van der Waals surface area contributed by atoms with E-state index >= 15 is 0 Å². The van der Waals surface area contributed by atoms with Crippen LogP contribution in [-0.4, -0.2) is 58.5 Å². The maximum atomic E-state index is 13.1. The molecular formula is C22H26ClFN4O3. The second kappa shape index (κ2) is 9.98. The topological polar surface area (TPSA) is 91.4 Å². The quantitative estimate of drug-likeness (QED) is 0.307. The third-order valence-electron chi connectivity index (χ3n) is 5.41. The molecule has 2 atom stereocenters. The number of halogens is 2. The van der Waals surface area contributed by atoms with Crippen molar-refractivity contribution in [2.24, 2.45) is 10.9 Å². The van der Waals surface area contributed by atoms with Crippen molar-refractivity contribution in [1.82, 2.24) is 9.80 Å². The minimum absolute atomic E-state index is 0.0125. The van der Waals surface area contributed by atoms with E-state index in [1.54, 1.807) is 29.2 Å². The van der Waals surface area contributed by atoms with Crippen LogP contribution < -0.4 is 10.5 Å². The van der Waals surface area contributed by atoms with Crippen LogP contribution in [0.3, 0.4) is 0 Å². The summed E-state index contributed by atoms with van der Waals surface area (Å²) in [6.45, 7) is 5.82. The predicted molar refractivity (Wildman–Crippen MR) is 117 cm³/mol. The number of carbonyl (C=O) groups is 1. The van der Waals surface area contributed by atoms with E-state index in [0.29, 0.717) is 36.0 Å². The van der Waals surface area contributed by atoms with Gasteiger partial charge in [-0.05, 0) is 49.7 Å². The molecule has 3 N–H and O–H groups in total. The molecule has 0 aliphatic carbocycles. The summed E-state index contributed by atoms with van der Waals surface area (Å²) in [5, 5.41) is 12.3. The Labute approximate surface area is 185 Å². The zero-order valence-electron chi connectivity index (χ0n) is 17.5. The molecule has 0 aromatic heterocycles. The Kier molecular flexibility index (Phi) is 7.35. The highest BCUT2D eigenvalue weighted by Crippen LogP contribution is 2.24. The van der Waals surface area contributed by atoms with Gasteiger partial charge >= 0.3 is 0 Å². The molecule has 0 saturated carbocycles. The number of oxime groups is 1. The van der Waals surface area contributed by atoms with Crippen molar-refractivity contribution in [3.8, 4) is 5.75 Å². The van der Waals surface area contributed by atoms with E-state index in [2.05, 4.69) is 17.0 Å². The molecule has 2 aromatic carbocycles. The van der Waals surface area contributed by atoms with Crippen molar-refractivity contribution < 1.29 is 19.1 Å². The molecule has 9 heteroatoms. The lowest BCUT2D eigenvalue weighted by Gasteiger charge is -2.44. The summed E-state index contributed by atoms with van der Waals surface area (Å²) in [4.78, 5) is 16.9. The number of rotatable bonds is 6. The summed E-state index contributed by atoms with van der Waals surface area (Å²) in [6.07, 6.45) is 0. The molecule has 1 saturated heterocycles. The molecule has 1 heterocycles. The van der Waals surface area contributed by atoms with Crippen molar-refractivity contribution in [3.63, 3.8) is 0 Å². The third kappa shape index (κ3) is 5.65. The van der Waals surface area contributed by atoms with E-state index in [4.69, 9.17) is 27.3 Å². The summed E-state index contributed by atoms with van der Waals surface area (Å²) in [7, 11) is 0. The van der Waals surface area contributed by atoms with Crippen molar-refractivity contribution in [2.45, 2.75) is 32.5 Å². The number of nitrogens with two attached hydrogens (primary N) is 1. The first kappa shape index (κ1) is 22.8. The highest BCUT2D eigenvalue weighted by Gasteiger charge is 2.32. The number of amidine groups is 1. The van der Waals surface area contributed by atoms with Gasteiger partial charge in [-0.3, -0.25) is 9.69 Å². The Hall–Kier alpha value is -2.84. The molecule has 1 fully saturated rings. The van der Waals surface area contributed by atoms with Gasteiger partial charge in [0.1, 0.15) is 11.6 Å². The van der Waals surface area contributed by atoms with Crippen molar-refractivity contribution in [1.29, 1.82) is 0 Å². The zero-order chi connectivity index (χ0) is 22.5. The van der Waals surface area contributed by atoms with Gasteiger partial charge in [-0.2, -0.15) is 0 Å². The number of amides is 1. The molecule has 0 unspecified atom stereocenters. The molecule has 1 aliphatic rings. The lowest BCUT2D eigenvalue weighted by atomic mass is 10.1. The molecule has 166 valence electrons. The van der Waals surface area contributed by atoms with Gasteiger partial charge in [0.2, 0.25) is 0 Å². The van der Waals surface area contributed by atoms with Crippen LogP contribution in [0, 0.1) is 5.82 Å². The van der Waals surface area contributed by atoms with E-state index in [1.165, 1.54) is 18.2 Å². The Balaban J connectivity index is 1.61. The minimum Gasteiger partial charge on any atom is -0.483 e. The second-order valence-corrected chi connectivity index (χ2v) is 8.15. The molecule has 0 bridgehead atoms. The fraction of sp³-hybridized carbons (Fsp3) is 0.364. The number of hydrogen-bond donors (Lipinski definition) is 2. The first-order valence-corrected chi connectivity index (χ1v) is 10.3.